The van der Waals surface area contributed by atoms with Crippen LogP contribution in [0.1, 0.15) is 34.0 Å². The van der Waals surface area contributed by atoms with Crippen LogP contribution in [0.4, 0.5) is 13.2 Å². The predicted molar refractivity (Wildman–Crippen MR) is 185 cm³/mol. The van der Waals surface area contributed by atoms with Crippen LogP contribution in [0.2, 0.25) is 10.0 Å². The lowest BCUT2D eigenvalue weighted by atomic mass is 9.99. The van der Waals surface area contributed by atoms with Crippen LogP contribution in [0.25, 0.3) is 22.3 Å². The molecule has 0 aliphatic carbocycles. The second kappa shape index (κ2) is 15.8. The molecule has 15 heteroatoms. The molecule has 0 radical (unpaired) electrons. The van der Waals surface area contributed by atoms with E-state index in [1.165, 1.54) is 11.1 Å². The molecule has 1 aliphatic rings. The molecule has 0 unspecified atom stereocenters. The summed E-state index contributed by atoms with van der Waals surface area (Å²) in [6.07, 6.45) is 0.881. The third kappa shape index (κ3) is 9.41. The van der Waals surface area contributed by atoms with Gasteiger partial charge in [0, 0.05) is 30.6 Å². The summed E-state index contributed by atoms with van der Waals surface area (Å²) >= 11 is 12.1. The molecule has 2 heterocycles. The standard InChI is InChI=1S/C26H22ClNO3.C10H8ClF3O5S/c27-23-12-19(14-28-15-21(16-28)26(29)30)6-8-22(23)25-13-20-11-18(7-9-24(20)31-25)10-17-4-2-1-3-5-17;1-2-18-9(15)6-3-4-8(7(11)5-6)19-20(16,17)10(12,13)14/h1-9,11-13,21H,10,14-16H2,(H,29,30);3-5H,2H2,1H3. The SMILES string of the molecule is CCOC(=O)c1ccc(OS(=O)(=O)C(F)(F)F)c(Cl)c1.O=C(O)C1CN(Cc2ccc(-c3cc4cc(Cc5ccccc5)ccc4o3)c(Cl)c2)C1. The van der Waals surface area contributed by atoms with Crippen molar-refractivity contribution in [2.75, 3.05) is 19.7 Å². The van der Waals surface area contributed by atoms with Crippen molar-refractivity contribution in [2.24, 2.45) is 5.92 Å². The third-order valence-corrected chi connectivity index (χ3v) is 9.34. The van der Waals surface area contributed by atoms with Gasteiger partial charge in [0.2, 0.25) is 0 Å². The maximum absolute atomic E-state index is 12.1. The van der Waals surface area contributed by atoms with Crippen molar-refractivity contribution >= 4 is 56.2 Å². The topological polar surface area (TPSA) is 123 Å². The predicted octanol–water partition coefficient (Wildman–Crippen LogP) is 8.61. The molecule has 0 saturated carbocycles. The van der Waals surface area contributed by atoms with Gasteiger partial charge in [-0.25, -0.2) is 4.79 Å². The molecule has 1 aromatic heterocycles. The van der Waals surface area contributed by atoms with Crippen LogP contribution in [-0.4, -0.2) is 55.6 Å². The Labute approximate surface area is 301 Å². The van der Waals surface area contributed by atoms with Gasteiger partial charge in [0.1, 0.15) is 11.3 Å². The maximum atomic E-state index is 12.1. The minimum absolute atomic E-state index is 0.0476. The summed E-state index contributed by atoms with van der Waals surface area (Å²) in [5, 5.41) is 10.2. The van der Waals surface area contributed by atoms with Gasteiger partial charge in [-0.2, -0.15) is 21.6 Å². The molecule has 1 N–H and O–H groups in total. The number of esters is 1. The highest BCUT2D eigenvalue weighted by atomic mass is 35.5. The summed E-state index contributed by atoms with van der Waals surface area (Å²) < 4.78 is 72.6. The lowest BCUT2D eigenvalue weighted by molar-refractivity contribution is -0.147. The van der Waals surface area contributed by atoms with Crippen molar-refractivity contribution in [3.05, 3.63) is 123 Å². The Hall–Kier alpha value is -4.56. The van der Waals surface area contributed by atoms with E-state index in [2.05, 4.69) is 50.2 Å². The summed E-state index contributed by atoms with van der Waals surface area (Å²) in [6, 6.07) is 27.5. The van der Waals surface area contributed by atoms with Gasteiger partial charge in [-0.1, -0.05) is 65.7 Å². The maximum Gasteiger partial charge on any atom is 0.534 e. The number of likely N-dealkylation sites (tertiary alicyclic amines) is 1. The fourth-order valence-electron chi connectivity index (χ4n) is 5.21. The number of carboxylic acid groups (broad SMARTS) is 1. The van der Waals surface area contributed by atoms with Crippen LogP contribution < -0.4 is 4.18 Å². The number of halogens is 5. The molecule has 1 fully saturated rings. The smallest absolute Gasteiger partial charge is 0.481 e. The van der Waals surface area contributed by atoms with E-state index in [-0.39, 0.29) is 18.1 Å². The van der Waals surface area contributed by atoms with Gasteiger partial charge >= 0.3 is 27.6 Å². The minimum atomic E-state index is -5.82. The number of carboxylic acids is 1. The zero-order valence-corrected chi connectivity index (χ0v) is 29.2. The van der Waals surface area contributed by atoms with Crippen LogP contribution in [-0.2, 0) is 32.6 Å². The van der Waals surface area contributed by atoms with Crippen molar-refractivity contribution < 1.29 is 49.6 Å². The molecule has 0 amide bonds. The van der Waals surface area contributed by atoms with Gasteiger partial charge in [0.25, 0.3) is 0 Å². The van der Waals surface area contributed by atoms with Crippen molar-refractivity contribution in [1.29, 1.82) is 0 Å². The van der Waals surface area contributed by atoms with Crippen LogP contribution in [0.15, 0.2) is 95.4 Å². The van der Waals surface area contributed by atoms with E-state index in [1.807, 2.05) is 36.4 Å². The molecule has 6 rings (SSSR count). The Bertz CT molecular complexity index is 2150. The first-order valence-corrected chi connectivity index (χ1v) is 17.6. The van der Waals surface area contributed by atoms with Crippen LogP contribution in [0.5, 0.6) is 5.75 Å². The summed E-state index contributed by atoms with van der Waals surface area (Å²) in [4.78, 5) is 24.4. The quantitative estimate of drug-likeness (QED) is 0.0846. The summed E-state index contributed by atoms with van der Waals surface area (Å²) in [5.74, 6) is -1.71. The molecule has 51 heavy (non-hydrogen) atoms. The fourth-order valence-corrected chi connectivity index (χ4v) is 6.25. The fraction of sp³-hybridized carbons (Fsp3) is 0.222. The highest BCUT2D eigenvalue weighted by Gasteiger charge is 2.48. The van der Waals surface area contributed by atoms with Crippen LogP contribution in [0, 0.1) is 5.92 Å². The minimum Gasteiger partial charge on any atom is -0.481 e. The van der Waals surface area contributed by atoms with E-state index >= 15 is 0 Å². The highest BCUT2D eigenvalue weighted by Crippen LogP contribution is 2.35. The van der Waals surface area contributed by atoms with Gasteiger partial charge in [-0.05, 0) is 78.6 Å². The van der Waals surface area contributed by atoms with Gasteiger partial charge < -0.3 is 18.4 Å². The second-order valence-corrected chi connectivity index (χ2v) is 13.9. The zero-order valence-electron chi connectivity index (χ0n) is 26.8. The molecule has 1 saturated heterocycles. The van der Waals surface area contributed by atoms with Crippen molar-refractivity contribution in [3.63, 3.8) is 0 Å². The van der Waals surface area contributed by atoms with Crippen LogP contribution in [0.3, 0.4) is 0 Å². The summed E-state index contributed by atoms with van der Waals surface area (Å²) in [5.41, 5.74) is -0.336. The van der Waals surface area contributed by atoms with E-state index in [1.54, 1.807) is 6.92 Å². The van der Waals surface area contributed by atoms with E-state index in [4.69, 9.17) is 32.7 Å². The van der Waals surface area contributed by atoms with E-state index < -0.39 is 38.3 Å². The largest absolute Gasteiger partial charge is 0.534 e. The van der Waals surface area contributed by atoms with Gasteiger partial charge in [0.15, 0.2) is 5.75 Å². The molecule has 1 aliphatic heterocycles. The van der Waals surface area contributed by atoms with E-state index in [0.717, 1.165) is 52.5 Å². The molecule has 4 aromatic carbocycles. The Balaban J connectivity index is 0.000000220. The normalized spacial score (nSPS) is 13.6. The van der Waals surface area contributed by atoms with Crippen molar-refractivity contribution in [2.45, 2.75) is 25.4 Å². The number of carbonyl (C=O) groups excluding carboxylic acids is 1. The first kappa shape index (κ1) is 37.7. The number of fused-ring (bicyclic) bond motifs is 1. The Morgan fingerprint density at radius 3 is 2.24 bits per heavy atom. The molecule has 0 spiro atoms. The van der Waals surface area contributed by atoms with Crippen LogP contribution >= 0.6 is 23.2 Å². The molecule has 268 valence electrons. The molecule has 0 bridgehead atoms. The Kier molecular flexibility index (Phi) is 11.7. The highest BCUT2D eigenvalue weighted by molar-refractivity contribution is 7.88. The Morgan fingerprint density at radius 2 is 1.61 bits per heavy atom. The number of furan rings is 1. The summed E-state index contributed by atoms with van der Waals surface area (Å²) in [7, 11) is -5.82. The average molecular weight is 765 g/mol. The first-order valence-electron chi connectivity index (χ1n) is 15.4. The van der Waals surface area contributed by atoms with E-state index in [9.17, 15) is 31.2 Å². The van der Waals surface area contributed by atoms with Crippen molar-refractivity contribution in [3.8, 4) is 17.1 Å². The van der Waals surface area contributed by atoms with E-state index in [0.29, 0.717) is 24.7 Å². The molecule has 0 atom stereocenters. The monoisotopic (exact) mass is 763 g/mol. The number of carbonyl (C=O) groups is 2. The number of alkyl halides is 3. The lowest BCUT2D eigenvalue weighted by Gasteiger charge is -2.36. The number of hydrogen-bond donors (Lipinski definition) is 1. The molecular formula is C36H30Cl2F3NO8S. The van der Waals surface area contributed by atoms with Crippen molar-refractivity contribution in [1.82, 2.24) is 4.90 Å². The molecular weight excluding hydrogens is 734 g/mol. The lowest BCUT2D eigenvalue weighted by Crippen LogP contribution is -2.49. The first-order chi connectivity index (χ1) is 24.1. The van der Waals surface area contributed by atoms with Gasteiger partial charge in [0.05, 0.1) is 28.1 Å². The third-order valence-electron chi connectivity index (χ3n) is 7.77. The van der Waals surface area contributed by atoms with Gasteiger partial charge in [-0.15, -0.1) is 0 Å². The average Bonchev–Trinajstić information content (AvgIpc) is 3.47. The molecule has 5 aromatic rings. The number of nitrogens with zero attached hydrogens (tertiary/aromatic N) is 1. The summed E-state index contributed by atoms with van der Waals surface area (Å²) in [6.45, 7) is 3.53. The number of hydrogen-bond acceptors (Lipinski definition) is 8. The van der Waals surface area contributed by atoms with Gasteiger partial charge in [-0.3, -0.25) is 9.69 Å². The Morgan fingerprint density at radius 1 is 0.902 bits per heavy atom. The number of aliphatic carboxylic acids is 1. The molecule has 9 nitrogen and oxygen atoms in total. The number of rotatable bonds is 10. The number of ether oxygens (including phenoxy) is 1. The number of benzene rings is 4. The zero-order chi connectivity index (χ0) is 36.9. The second-order valence-electron chi connectivity index (χ2n) is 11.5.